The predicted octanol–water partition coefficient (Wildman–Crippen LogP) is 2.22. The third kappa shape index (κ3) is 3.18. The number of hydrogen-bond acceptors (Lipinski definition) is 2. The fourth-order valence-electron chi connectivity index (χ4n) is 2.71. The van der Waals surface area contributed by atoms with Gasteiger partial charge in [-0.3, -0.25) is 0 Å². The van der Waals surface area contributed by atoms with Crippen molar-refractivity contribution in [2.45, 2.75) is 6.92 Å². The van der Waals surface area contributed by atoms with Gasteiger partial charge in [0.05, 0.1) is 0 Å². The Morgan fingerprint density at radius 3 is 1.22 bits per heavy atom. The van der Waals surface area contributed by atoms with Crippen LogP contribution < -0.4 is 10.5 Å². The SMILES string of the molecule is CC(=O)[O][Sb]([c]1ccccc1)([c]1ccccc1)[c]1ccccc1. The standard InChI is InChI=1S/3C6H5.C2H4O2.Sb/c3*1-2-4-6-5-3-1;1-2(3)4;/h3*1-5H;1H3,(H,3,4);/q;;;;+1/p-1. The van der Waals surface area contributed by atoms with Crippen LogP contribution in [0, 0.1) is 0 Å². The summed E-state index contributed by atoms with van der Waals surface area (Å²) in [5, 5.41) is 0. The molecule has 3 aromatic carbocycles. The molecule has 0 N–H and O–H groups in total. The molecule has 3 heteroatoms. The Kier molecular flexibility index (Phi) is 4.83. The third-order valence-electron chi connectivity index (χ3n) is 3.62. The first-order chi connectivity index (χ1) is 11.2. The summed E-state index contributed by atoms with van der Waals surface area (Å²) in [7, 11) is 0. The molecule has 0 aromatic heterocycles. The van der Waals surface area contributed by atoms with Gasteiger partial charge in [-0.1, -0.05) is 0 Å². The molecule has 0 atom stereocenters. The first kappa shape index (κ1) is 15.8. The Labute approximate surface area is 141 Å². The summed E-state index contributed by atoms with van der Waals surface area (Å²) < 4.78 is 9.53. The van der Waals surface area contributed by atoms with Crippen molar-refractivity contribution in [3.05, 3.63) is 91.0 Å². The molecule has 0 amide bonds. The first-order valence-corrected chi connectivity index (χ1v) is 12.4. The molecule has 0 spiro atoms. The molecular weight excluding hydrogens is 394 g/mol. The van der Waals surface area contributed by atoms with E-state index in [-0.39, 0.29) is 5.97 Å². The van der Waals surface area contributed by atoms with Gasteiger partial charge in [0.1, 0.15) is 0 Å². The second-order valence-electron chi connectivity index (χ2n) is 5.20. The number of carbonyl (C=O) groups excluding carboxylic acids is 1. The number of benzene rings is 3. The topological polar surface area (TPSA) is 26.3 Å². The van der Waals surface area contributed by atoms with E-state index in [1.807, 2.05) is 54.6 Å². The van der Waals surface area contributed by atoms with Crippen molar-refractivity contribution in [3.8, 4) is 0 Å². The Hall–Kier alpha value is -2.05. The van der Waals surface area contributed by atoms with Crippen molar-refractivity contribution in [2.24, 2.45) is 0 Å². The van der Waals surface area contributed by atoms with Crippen molar-refractivity contribution >= 4 is 35.7 Å². The maximum atomic E-state index is 12.0. The van der Waals surface area contributed by atoms with Gasteiger partial charge in [-0.25, -0.2) is 0 Å². The van der Waals surface area contributed by atoms with Crippen LogP contribution in [0.25, 0.3) is 0 Å². The summed E-state index contributed by atoms with van der Waals surface area (Å²) in [5.41, 5.74) is 0. The fraction of sp³-hybridized carbons (Fsp3) is 0.0500. The molecule has 115 valence electrons. The second-order valence-corrected chi connectivity index (χ2v) is 13.6. The fourth-order valence-corrected chi connectivity index (χ4v) is 12.3. The Balaban J connectivity index is 2.32. The Morgan fingerprint density at radius 1 is 0.652 bits per heavy atom. The summed E-state index contributed by atoms with van der Waals surface area (Å²) in [4.78, 5) is 12.0. The molecule has 0 fully saturated rings. The van der Waals surface area contributed by atoms with Crippen LogP contribution in [0.2, 0.25) is 0 Å². The third-order valence-corrected chi connectivity index (χ3v) is 13.9. The average Bonchev–Trinajstić information content (AvgIpc) is 2.62. The zero-order valence-electron chi connectivity index (χ0n) is 12.9. The van der Waals surface area contributed by atoms with Crippen LogP contribution in [0.4, 0.5) is 0 Å². The summed E-state index contributed by atoms with van der Waals surface area (Å²) in [6, 6.07) is 30.5. The van der Waals surface area contributed by atoms with Gasteiger partial charge in [-0.2, -0.15) is 0 Å². The van der Waals surface area contributed by atoms with Gasteiger partial charge >= 0.3 is 141 Å². The molecule has 0 unspecified atom stereocenters. The van der Waals surface area contributed by atoms with Crippen LogP contribution in [0.3, 0.4) is 0 Å². The first-order valence-electron chi connectivity index (χ1n) is 7.49. The minimum atomic E-state index is -3.67. The summed E-state index contributed by atoms with van der Waals surface area (Å²) in [6.07, 6.45) is 0. The van der Waals surface area contributed by atoms with Crippen molar-refractivity contribution in [2.75, 3.05) is 0 Å². The molecule has 1 radical (unpaired) electrons. The van der Waals surface area contributed by atoms with E-state index in [9.17, 15) is 4.79 Å². The summed E-state index contributed by atoms with van der Waals surface area (Å²) in [5.74, 6) is -0.229. The zero-order valence-corrected chi connectivity index (χ0v) is 15.5. The van der Waals surface area contributed by atoms with Gasteiger partial charge in [0.2, 0.25) is 0 Å². The van der Waals surface area contributed by atoms with E-state index >= 15 is 0 Å². The van der Waals surface area contributed by atoms with Crippen LogP contribution >= 0.6 is 0 Å². The molecule has 0 saturated heterocycles. The molecule has 0 saturated carbocycles. The van der Waals surface area contributed by atoms with E-state index in [0.717, 1.165) is 10.5 Å². The molecule has 0 aliphatic carbocycles. The summed E-state index contributed by atoms with van der Waals surface area (Å²) >= 11 is -3.67. The molecule has 0 bridgehead atoms. The molecule has 0 aliphatic heterocycles. The zero-order chi connectivity index (χ0) is 16.1. The molecule has 3 aromatic rings. The Morgan fingerprint density at radius 2 is 0.957 bits per heavy atom. The van der Waals surface area contributed by atoms with E-state index in [2.05, 4.69) is 36.4 Å². The van der Waals surface area contributed by atoms with E-state index in [1.54, 1.807) is 0 Å². The molecule has 0 heterocycles. The molecule has 2 nitrogen and oxygen atoms in total. The molecule has 0 aliphatic rings. The number of rotatable bonds is 4. The van der Waals surface area contributed by atoms with Gasteiger partial charge in [0.15, 0.2) is 0 Å². The van der Waals surface area contributed by atoms with Crippen LogP contribution in [-0.4, -0.2) is 25.2 Å². The maximum absolute atomic E-state index is 12.0. The van der Waals surface area contributed by atoms with Gasteiger partial charge in [-0.15, -0.1) is 0 Å². The summed E-state index contributed by atoms with van der Waals surface area (Å²) in [6.45, 7) is 1.50. The van der Waals surface area contributed by atoms with Crippen molar-refractivity contribution < 1.29 is 7.81 Å². The van der Waals surface area contributed by atoms with E-state index in [0.29, 0.717) is 0 Å². The van der Waals surface area contributed by atoms with Crippen molar-refractivity contribution in [3.63, 3.8) is 0 Å². The van der Waals surface area contributed by atoms with Crippen molar-refractivity contribution in [1.29, 1.82) is 0 Å². The molecule has 3 rings (SSSR count). The normalized spacial score (nSPS) is 11.0. The molecule has 23 heavy (non-hydrogen) atoms. The van der Waals surface area contributed by atoms with E-state index in [4.69, 9.17) is 3.02 Å². The number of carbonyl (C=O) groups is 1. The van der Waals surface area contributed by atoms with Gasteiger partial charge in [-0.05, 0) is 0 Å². The average molecular weight is 412 g/mol. The number of hydrogen-bond donors (Lipinski definition) is 0. The van der Waals surface area contributed by atoms with E-state index in [1.165, 1.54) is 6.92 Å². The van der Waals surface area contributed by atoms with Crippen LogP contribution in [-0.2, 0) is 7.81 Å². The van der Waals surface area contributed by atoms with Gasteiger partial charge in [0, 0.05) is 0 Å². The van der Waals surface area contributed by atoms with Gasteiger partial charge < -0.3 is 0 Å². The van der Waals surface area contributed by atoms with Crippen molar-refractivity contribution in [1.82, 2.24) is 0 Å². The van der Waals surface area contributed by atoms with Crippen LogP contribution in [0.15, 0.2) is 91.0 Å². The monoisotopic (exact) mass is 411 g/mol. The van der Waals surface area contributed by atoms with Gasteiger partial charge in [0.25, 0.3) is 0 Å². The van der Waals surface area contributed by atoms with Crippen LogP contribution in [0.5, 0.6) is 0 Å². The molecular formula is C20H18O2Sb. The second kappa shape index (κ2) is 7.02. The minimum absolute atomic E-state index is 0.229. The quantitative estimate of drug-likeness (QED) is 0.615. The Bertz CT molecular complexity index is 674. The predicted molar refractivity (Wildman–Crippen MR) is 95.7 cm³/mol. The van der Waals surface area contributed by atoms with E-state index < -0.39 is 19.2 Å². The van der Waals surface area contributed by atoms with Crippen LogP contribution in [0.1, 0.15) is 6.92 Å².